The third-order valence-electron chi connectivity index (χ3n) is 2.98. The minimum absolute atomic E-state index is 0.156. The van der Waals surface area contributed by atoms with Gasteiger partial charge in [0, 0.05) is 12.0 Å². The van der Waals surface area contributed by atoms with Crippen LogP contribution in [0.25, 0.3) is 0 Å². The summed E-state index contributed by atoms with van der Waals surface area (Å²) in [7, 11) is 1.60. The third kappa shape index (κ3) is 3.74. The Morgan fingerprint density at radius 2 is 2.06 bits per heavy atom. The maximum absolute atomic E-state index is 12.1. The van der Waals surface area contributed by atoms with Crippen LogP contribution in [0.1, 0.15) is 49.5 Å². The molecule has 0 saturated heterocycles. The molecule has 1 rings (SSSR count). The van der Waals surface area contributed by atoms with Crippen molar-refractivity contribution in [2.24, 2.45) is 5.92 Å². The molecule has 0 amide bonds. The molecular formula is C15H21ClO2. The van der Waals surface area contributed by atoms with Gasteiger partial charge in [-0.1, -0.05) is 32.4 Å². The van der Waals surface area contributed by atoms with Gasteiger partial charge in [-0.2, -0.15) is 0 Å². The zero-order valence-electron chi connectivity index (χ0n) is 11.5. The number of carbonyl (C=O) groups is 1. The van der Waals surface area contributed by atoms with Crippen molar-refractivity contribution in [2.45, 2.75) is 40.0 Å². The molecule has 1 aromatic rings. The Kier molecular flexibility index (Phi) is 5.67. The van der Waals surface area contributed by atoms with E-state index >= 15 is 0 Å². The molecule has 0 spiro atoms. The first-order valence-corrected chi connectivity index (χ1v) is 6.77. The summed E-state index contributed by atoms with van der Waals surface area (Å²) in [5.41, 5.74) is 1.68. The van der Waals surface area contributed by atoms with E-state index in [1.807, 2.05) is 13.0 Å². The van der Waals surface area contributed by atoms with Crippen LogP contribution in [0.4, 0.5) is 0 Å². The highest BCUT2D eigenvalue weighted by molar-refractivity contribution is 6.32. The average Bonchev–Trinajstić information content (AvgIpc) is 2.34. The van der Waals surface area contributed by atoms with Crippen molar-refractivity contribution in [3.63, 3.8) is 0 Å². The Balaban J connectivity index is 2.97. The summed E-state index contributed by atoms with van der Waals surface area (Å²) in [5.74, 6) is 1.37. The van der Waals surface area contributed by atoms with Crippen molar-refractivity contribution in [3.05, 3.63) is 28.3 Å². The van der Waals surface area contributed by atoms with Crippen LogP contribution in [-0.2, 0) is 6.42 Å². The molecule has 2 nitrogen and oxygen atoms in total. The van der Waals surface area contributed by atoms with Crippen LogP contribution in [-0.4, -0.2) is 12.9 Å². The number of ether oxygens (including phenoxy) is 1. The van der Waals surface area contributed by atoms with Crippen molar-refractivity contribution >= 4 is 17.4 Å². The minimum atomic E-state index is 0.156. The summed E-state index contributed by atoms with van der Waals surface area (Å²) in [5, 5.41) is 0.518. The largest absolute Gasteiger partial charge is 0.495 e. The first kappa shape index (κ1) is 15.0. The molecule has 1 aromatic carbocycles. The lowest BCUT2D eigenvalue weighted by atomic mass is 9.99. The maximum atomic E-state index is 12.1. The van der Waals surface area contributed by atoms with Gasteiger partial charge in [0.2, 0.25) is 0 Å². The van der Waals surface area contributed by atoms with E-state index in [0.717, 1.165) is 18.4 Å². The van der Waals surface area contributed by atoms with E-state index < -0.39 is 0 Å². The molecule has 0 aliphatic carbocycles. The van der Waals surface area contributed by atoms with Crippen molar-refractivity contribution in [1.29, 1.82) is 0 Å². The van der Waals surface area contributed by atoms with E-state index in [4.69, 9.17) is 16.3 Å². The van der Waals surface area contributed by atoms with Gasteiger partial charge in [-0.3, -0.25) is 4.79 Å². The summed E-state index contributed by atoms with van der Waals surface area (Å²) in [6.45, 7) is 6.26. The number of rotatable bonds is 6. The fourth-order valence-corrected chi connectivity index (χ4v) is 2.18. The number of hydrogen-bond donors (Lipinski definition) is 0. The van der Waals surface area contributed by atoms with Crippen molar-refractivity contribution in [3.8, 4) is 5.75 Å². The van der Waals surface area contributed by atoms with Crippen LogP contribution >= 0.6 is 11.6 Å². The molecule has 0 heterocycles. The van der Waals surface area contributed by atoms with E-state index in [9.17, 15) is 4.79 Å². The molecule has 0 aliphatic heterocycles. The number of halogens is 1. The van der Waals surface area contributed by atoms with Gasteiger partial charge in [0.15, 0.2) is 5.78 Å². The summed E-state index contributed by atoms with van der Waals surface area (Å²) >= 11 is 6.14. The number of aryl methyl sites for hydroxylation is 1. The van der Waals surface area contributed by atoms with E-state index in [-0.39, 0.29) is 5.78 Å². The first-order chi connectivity index (χ1) is 8.49. The van der Waals surface area contributed by atoms with Gasteiger partial charge < -0.3 is 4.74 Å². The quantitative estimate of drug-likeness (QED) is 0.709. The maximum Gasteiger partial charge on any atom is 0.162 e. The van der Waals surface area contributed by atoms with Gasteiger partial charge in [-0.05, 0) is 36.5 Å². The van der Waals surface area contributed by atoms with E-state index in [1.54, 1.807) is 13.2 Å². The first-order valence-electron chi connectivity index (χ1n) is 6.39. The lowest BCUT2D eigenvalue weighted by Gasteiger charge is -2.11. The zero-order chi connectivity index (χ0) is 13.7. The molecule has 18 heavy (non-hydrogen) atoms. The molecule has 0 radical (unpaired) electrons. The monoisotopic (exact) mass is 268 g/mol. The molecule has 0 unspecified atom stereocenters. The van der Waals surface area contributed by atoms with Crippen molar-refractivity contribution in [1.82, 2.24) is 0 Å². The lowest BCUT2D eigenvalue weighted by Crippen LogP contribution is -2.03. The highest BCUT2D eigenvalue weighted by atomic mass is 35.5. The molecule has 0 bridgehead atoms. The highest BCUT2D eigenvalue weighted by Gasteiger charge is 2.13. The number of ketones is 1. The Morgan fingerprint density at radius 1 is 1.39 bits per heavy atom. The number of hydrogen-bond acceptors (Lipinski definition) is 2. The van der Waals surface area contributed by atoms with Crippen LogP contribution < -0.4 is 4.74 Å². The summed E-state index contributed by atoms with van der Waals surface area (Å²) < 4.78 is 5.26. The fourth-order valence-electron chi connectivity index (χ4n) is 1.87. The van der Waals surface area contributed by atoms with Crippen LogP contribution in [0.15, 0.2) is 12.1 Å². The van der Waals surface area contributed by atoms with Crippen molar-refractivity contribution in [2.75, 3.05) is 7.11 Å². The topological polar surface area (TPSA) is 26.3 Å². The van der Waals surface area contributed by atoms with Gasteiger partial charge in [0.25, 0.3) is 0 Å². The SMILES string of the molecule is CCc1cc(C(=O)CCC(C)C)cc(Cl)c1OC. The minimum Gasteiger partial charge on any atom is -0.495 e. The Hall–Kier alpha value is -1.02. The van der Waals surface area contributed by atoms with Gasteiger partial charge in [0.05, 0.1) is 12.1 Å². The number of benzene rings is 1. The molecule has 3 heteroatoms. The van der Waals surface area contributed by atoms with Gasteiger partial charge >= 0.3 is 0 Å². The molecule has 0 fully saturated rings. The normalized spacial score (nSPS) is 10.8. The predicted octanol–water partition coefficient (Wildman–Crippen LogP) is 4.53. The predicted molar refractivity (Wildman–Crippen MR) is 75.8 cm³/mol. The molecule has 0 aliphatic rings. The highest BCUT2D eigenvalue weighted by Crippen LogP contribution is 2.31. The molecule has 0 atom stereocenters. The van der Waals surface area contributed by atoms with E-state index in [0.29, 0.717) is 28.7 Å². The Morgan fingerprint density at radius 3 is 2.56 bits per heavy atom. The second-order valence-corrected chi connectivity index (χ2v) is 5.27. The van der Waals surface area contributed by atoms with Gasteiger partial charge in [-0.25, -0.2) is 0 Å². The molecule has 0 aromatic heterocycles. The second-order valence-electron chi connectivity index (χ2n) is 4.86. The third-order valence-corrected chi connectivity index (χ3v) is 3.26. The van der Waals surface area contributed by atoms with Crippen LogP contribution in [0, 0.1) is 5.92 Å². The van der Waals surface area contributed by atoms with Crippen LogP contribution in [0.3, 0.4) is 0 Å². The Labute approximate surface area is 114 Å². The molecule has 0 saturated carbocycles. The number of methoxy groups -OCH3 is 1. The number of carbonyl (C=O) groups excluding carboxylic acids is 1. The summed E-state index contributed by atoms with van der Waals surface area (Å²) in [6, 6.07) is 3.61. The van der Waals surface area contributed by atoms with Crippen molar-refractivity contribution < 1.29 is 9.53 Å². The molecular weight excluding hydrogens is 248 g/mol. The average molecular weight is 269 g/mol. The van der Waals surface area contributed by atoms with E-state index in [2.05, 4.69) is 13.8 Å². The lowest BCUT2D eigenvalue weighted by molar-refractivity contribution is 0.0975. The van der Waals surface area contributed by atoms with Crippen LogP contribution in [0.5, 0.6) is 5.75 Å². The zero-order valence-corrected chi connectivity index (χ0v) is 12.3. The second kappa shape index (κ2) is 6.79. The van der Waals surface area contributed by atoms with Gasteiger partial charge in [-0.15, -0.1) is 0 Å². The Bertz CT molecular complexity index is 425. The summed E-state index contributed by atoms with van der Waals surface area (Å²) in [6.07, 6.45) is 2.28. The smallest absolute Gasteiger partial charge is 0.162 e. The number of Topliss-reactive ketones (excluding diaryl/α,β-unsaturated/α-hetero) is 1. The van der Waals surface area contributed by atoms with E-state index in [1.165, 1.54) is 0 Å². The fraction of sp³-hybridized carbons (Fsp3) is 0.533. The van der Waals surface area contributed by atoms with Gasteiger partial charge in [0.1, 0.15) is 5.75 Å². The summed E-state index contributed by atoms with van der Waals surface area (Å²) in [4.78, 5) is 12.1. The molecule has 100 valence electrons. The standard InChI is InChI=1S/C15H21ClO2/c1-5-11-8-12(9-13(16)15(11)18-4)14(17)7-6-10(2)3/h8-10H,5-7H2,1-4H3. The molecule has 0 N–H and O–H groups in total. The van der Waals surface area contributed by atoms with Crippen LogP contribution in [0.2, 0.25) is 5.02 Å².